The van der Waals surface area contributed by atoms with Gasteiger partial charge in [-0.15, -0.1) is 0 Å². The molecule has 258 valence electrons. The fourth-order valence-corrected chi connectivity index (χ4v) is 7.50. The Labute approximate surface area is 300 Å². The van der Waals surface area contributed by atoms with Gasteiger partial charge in [0.15, 0.2) is 0 Å². The smallest absolute Gasteiger partial charge is 0.220 e. The van der Waals surface area contributed by atoms with Crippen molar-refractivity contribution in [2.45, 2.75) is 50.9 Å². The number of amides is 2. The molecular formula is C38H39Cl2N7O3. The van der Waals surface area contributed by atoms with Gasteiger partial charge in [-0.25, -0.2) is 9.97 Å². The van der Waals surface area contributed by atoms with Crippen LogP contribution >= 0.6 is 23.2 Å². The molecule has 0 spiro atoms. The molecule has 10 nitrogen and oxygen atoms in total. The Morgan fingerprint density at radius 1 is 0.760 bits per heavy atom. The molecule has 2 aliphatic rings. The second-order valence-corrected chi connectivity index (χ2v) is 13.7. The highest BCUT2D eigenvalue weighted by Crippen LogP contribution is 2.42. The average Bonchev–Trinajstić information content (AvgIpc) is 3.83. The minimum absolute atomic E-state index is 0.102. The molecule has 50 heavy (non-hydrogen) atoms. The van der Waals surface area contributed by atoms with E-state index < -0.39 is 0 Å². The Morgan fingerprint density at radius 3 is 1.86 bits per heavy atom. The quantitative estimate of drug-likeness (QED) is 0.125. The van der Waals surface area contributed by atoms with E-state index in [9.17, 15) is 9.59 Å². The second-order valence-electron chi connectivity index (χ2n) is 12.9. The van der Waals surface area contributed by atoms with Crippen molar-refractivity contribution in [1.82, 2.24) is 35.8 Å². The van der Waals surface area contributed by atoms with E-state index >= 15 is 0 Å². The molecule has 2 amide bonds. The van der Waals surface area contributed by atoms with Crippen molar-refractivity contribution in [2.75, 3.05) is 20.2 Å². The Hall–Kier alpha value is -4.48. The summed E-state index contributed by atoms with van der Waals surface area (Å²) in [5, 5.41) is 15.0. The SMILES string of the molecule is COc1nc(-c2cccc(-c3cccc(-c4ccc5c(CNCC6CCC(=O)N6)cn(C)c5n4)c3Cl)c2Cl)ccc1CNCC1CCC(=O)N1. The molecule has 0 saturated carbocycles. The van der Waals surface area contributed by atoms with Crippen LogP contribution < -0.4 is 26.0 Å². The van der Waals surface area contributed by atoms with Gasteiger partial charge in [0.25, 0.3) is 0 Å². The number of hydrogen-bond acceptors (Lipinski definition) is 7. The Morgan fingerprint density at radius 2 is 1.30 bits per heavy atom. The summed E-state index contributed by atoms with van der Waals surface area (Å²) in [6, 6.07) is 20.1. The third-order valence-corrected chi connectivity index (χ3v) is 10.3. The van der Waals surface area contributed by atoms with Crippen LogP contribution in [0.3, 0.4) is 0 Å². The average molecular weight is 713 g/mol. The van der Waals surface area contributed by atoms with Crippen LogP contribution in [-0.2, 0) is 29.7 Å². The predicted octanol–water partition coefficient (Wildman–Crippen LogP) is 6.02. The number of aromatic nitrogens is 3. The van der Waals surface area contributed by atoms with E-state index in [1.165, 1.54) is 0 Å². The molecule has 2 saturated heterocycles. The third kappa shape index (κ3) is 7.07. The number of nitrogens with one attached hydrogen (secondary N) is 4. The van der Waals surface area contributed by atoms with Crippen LogP contribution in [0.15, 0.2) is 66.9 Å². The Kier molecular flexibility index (Phi) is 10.1. The molecule has 0 radical (unpaired) electrons. The first-order valence-electron chi connectivity index (χ1n) is 16.9. The number of ether oxygens (including phenoxy) is 1. The first-order chi connectivity index (χ1) is 24.3. The maximum absolute atomic E-state index is 11.5. The van der Waals surface area contributed by atoms with Gasteiger partial charge in [-0.1, -0.05) is 65.7 Å². The summed E-state index contributed by atoms with van der Waals surface area (Å²) in [6.07, 6.45) is 4.96. The van der Waals surface area contributed by atoms with E-state index in [0.29, 0.717) is 54.1 Å². The van der Waals surface area contributed by atoms with Crippen LogP contribution in [0.2, 0.25) is 10.0 Å². The van der Waals surface area contributed by atoms with Gasteiger partial charge in [0.2, 0.25) is 17.7 Å². The number of carbonyl (C=O) groups is 2. The number of benzene rings is 2. The highest BCUT2D eigenvalue weighted by atomic mass is 35.5. The van der Waals surface area contributed by atoms with Crippen LogP contribution in [-0.4, -0.2) is 58.6 Å². The molecule has 2 aromatic carbocycles. The normalized spacial score (nSPS) is 17.4. The Bertz CT molecular complexity index is 2080. The maximum Gasteiger partial charge on any atom is 0.220 e. The van der Waals surface area contributed by atoms with Crippen LogP contribution in [0.5, 0.6) is 5.88 Å². The van der Waals surface area contributed by atoms with Crippen molar-refractivity contribution >= 4 is 46.0 Å². The van der Waals surface area contributed by atoms with Crippen LogP contribution in [0, 0.1) is 0 Å². The van der Waals surface area contributed by atoms with Gasteiger partial charge in [0.05, 0.1) is 28.5 Å². The number of methoxy groups -OCH3 is 1. The monoisotopic (exact) mass is 711 g/mol. The van der Waals surface area contributed by atoms with E-state index in [1.807, 2.05) is 66.2 Å². The van der Waals surface area contributed by atoms with Crippen molar-refractivity contribution in [3.63, 3.8) is 0 Å². The summed E-state index contributed by atoms with van der Waals surface area (Å²) in [6.45, 7) is 2.65. The first-order valence-corrected chi connectivity index (χ1v) is 17.6. The molecule has 0 aliphatic carbocycles. The van der Waals surface area contributed by atoms with E-state index in [-0.39, 0.29) is 23.9 Å². The number of halogens is 2. The third-order valence-electron chi connectivity index (χ3n) is 9.46. The number of fused-ring (bicyclic) bond motifs is 1. The summed E-state index contributed by atoms with van der Waals surface area (Å²) >= 11 is 14.3. The molecule has 4 N–H and O–H groups in total. The molecule has 3 aromatic heterocycles. The van der Waals surface area contributed by atoms with Gasteiger partial charge in [0, 0.05) is 97.6 Å². The lowest BCUT2D eigenvalue weighted by molar-refractivity contribution is -0.120. The van der Waals surface area contributed by atoms with Crippen molar-refractivity contribution in [3.8, 4) is 39.5 Å². The fourth-order valence-electron chi connectivity index (χ4n) is 6.85. The lowest BCUT2D eigenvalue weighted by Gasteiger charge is -2.15. The number of rotatable bonds is 12. The zero-order valence-electron chi connectivity index (χ0n) is 28.0. The molecule has 5 aromatic rings. The molecular weight excluding hydrogens is 673 g/mol. The van der Waals surface area contributed by atoms with E-state index in [2.05, 4.69) is 33.5 Å². The largest absolute Gasteiger partial charge is 0.481 e. The number of aryl methyl sites for hydroxylation is 1. The van der Waals surface area contributed by atoms with Crippen molar-refractivity contribution in [3.05, 3.63) is 88.0 Å². The zero-order chi connectivity index (χ0) is 34.8. The van der Waals surface area contributed by atoms with E-state index in [4.69, 9.17) is 37.9 Å². The molecule has 5 heterocycles. The summed E-state index contributed by atoms with van der Waals surface area (Å²) in [7, 11) is 3.60. The fraction of sp³-hybridized carbons (Fsp3) is 0.316. The van der Waals surface area contributed by atoms with E-state index in [0.717, 1.165) is 69.5 Å². The van der Waals surface area contributed by atoms with Crippen LogP contribution in [0.4, 0.5) is 0 Å². The van der Waals surface area contributed by atoms with Gasteiger partial charge in [-0.3, -0.25) is 9.59 Å². The van der Waals surface area contributed by atoms with Gasteiger partial charge in [-0.05, 0) is 36.6 Å². The molecule has 12 heteroatoms. The van der Waals surface area contributed by atoms with Gasteiger partial charge in [0.1, 0.15) is 5.65 Å². The minimum atomic E-state index is 0.102. The standard InChI is InChI=1S/C38H39Cl2N7O3/c1-47-21-23(18-42-20-25-11-16-34(49)44-25)26-12-14-31(45-37(26)47)29-7-3-5-27(35(29)39)28-6-4-8-30(36(28)40)32-13-9-22(38(46-32)50-2)17-41-19-24-10-15-33(48)43-24/h3-9,12-14,21,24-25,41-42H,10-11,15-20H2,1-2H3,(H,43,48)(H,44,49). The number of nitrogens with zero attached hydrogens (tertiary/aromatic N) is 3. The first kappa shape index (κ1) is 34.0. The van der Waals surface area contributed by atoms with Crippen molar-refractivity contribution < 1.29 is 14.3 Å². The minimum Gasteiger partial charge on any atom is -0.481 e. The number of pyridine rings is 2. The van der Waals surface area contributed by atoms with E-state index in [1.54, 1.807) is 7.11 Å². The summed E-state index contributed by atoms with van der Waals surface area (Å²) < 4.78 is 7.69. The highest BCUT2D eigenvalue weighted by Gasteiger charge is 2.22. The van der Waals surface area contributed by atoms with Crippen molar-refractivity contribution in [2.24, 2.45) is 7.05 Å². The molecule has 7 rings (SSSR count). The Balaban J connectivity index is 1.11. The van der Waals surface area contributed by atoms with Crippen LogP contribution in [0.25, 0.3) is 44.7 Å². The summed E-state index contributed by atoms with van der Waals surface area (Å²) in [4.78, 5) is 32.9. The molecule has 2 atom stereocenters. The van der Waals surface area contributed by atoms with Crippen LogP contribution in [0.1, 0.15) is 36.8 Å². The second kappa shape index (κ2) is 14.8. The lowest BCUT2D eigenvalue weighted by Crippen LogP contribution is -2.35. The topological polar surface area (TPSA) is 122 Å². The predicted molar refractivity (Wildman–Crippen MR) is 197 cm³/mol. The number of hydrogen-bond donors (Lipinski definition) is 4. The molecule has 2 fully saturated rings. The lowest BCUT2D eigenvalue weighted by atomic mass is 9.98. The molecule has 2 aliphatic heterocycles. The van der Waals surface area contributed by atoms with Gasteiger partial charge < -0.3 is 30.6 Å². The highest BCUT2D eigenvalue weighted by molar-refractivity contribution is 6.39. The van der Waals surface area contributed by atoms with Crippen molar-refractivity contribution in [1.29, 1.82) is 0 Å². The van der Waals surface area contributed by atoms with Gasteiger partial charge >= 0.3 is 0 Å². The molecule has 2 unspecified atom stereocenters. The summed E-state index contributed by atoms with van der Waals surface area (Å²) in [5.41, 5.74) is 7.50. The zero-order valence-corrected chi connectivity index (χ0v) is 29.5. The maximum atomic E-state index is 11.5. The number of carbonyl (C=O) groups excluding carboxylic acids is 2. The summed E-state index contributed by atoms with van der Waals surface area (Å²) in [5.74, 6) is 0.734. The van der Waals surface area contributed by atoms with Gasteiger partial charge in [-0.2, -0.15) is 0 Å². The molecule has 0 bridgehead atoms.